The molecule has 0 radical (unpaired) electrons. The number of nitrogens with one attached hydrogen (secondary N) is 1. The van der Waals surface area contributed by atoms with Gasteiger partial charge >= 0.3 is 6.01 Å². The molecule has 2 aliphatic heterocycles. The molecule has 3 aromatic rings. The molecule has 1 aromatic heterocycles. The predicted octanol–water partition coefficient (Wildman–Crippen LogP) is 3.92. The second kappa shape index (κ2) is 10.8. The Morgan fingerprint density at radius 3 is 2.90 bits per heavy atom. The van der Waals surface area contributed by atoms with Crippen LogP contribution in [-0.2, 0) is 12.8 Å². The van der Waals surface area contributed by atoms with Crippen LogP contribution in [-0.4, -0.2) is 71.9 Å². The maximum atomic E-state index is 14.8. The molecule has 3 heterocycles. The lowest BCUT2D eigenvalue weighted by atomic mass is 9.86. The SMILES string of the molecule is CN1CCC[C@H]1COc1nc2c(c(N3CCN[C@@H](CC#N)C3)n1)CCc1ccc(-c3c(O)cccc3F)cc1-2. The van der Waals surface area contributed by atoms with Gasteiger partial charge in [-0.3, -0.25) is 0 Å². The summed E-state index contributed by atoms with van der Waals surface area (Å²) in [4.78, 5) is 14.4. The van der Waals surface area contributed by atoms with E-state index < -0.39 is 5.82 Å². The Kier molecular flexibility index (Phi) is 7.07. The zero-order chi connectivity index (χ0) is 26.9. The Hall–Kier alpha value is -3.74. The summed E-state index contributed by atoms with van der Waals surface area (Å²) in [5.41, 5.74) is 4.65. The molecule has 1 aliphatic carbocycles. The minimum atomic E-state index is -0.469. The van der Waals surface area contributed by atoms with E-state index in [9.17, 15) is 14.8 Å². The average molecular weight is 529 g/mol. The van der Waals surface area contributed by atoms with Crippen LogP contribution in [0.25, 0.3) is 22.4 Å². The average Bonchev–Trinajstić information content (AvgIpc) is 3.36. The van der Waals surface area contributed by atoms with Crippen molar-refractivity contribution < 1.29 is 14.2 Å². The topological polar surface area (TPSA) is 97.5 Å². The van der Waals surface area contributed by atoms with Gasteiger partial charge in [-0.1, -0.05) is 18.2 Å². The Bertz CT molecular complexity index is 1400. The monoisotopic (exact) mass is 528 g/mol. The van der Waals surface area contributed by atoms with Gasteiger partial charge in [-0.25, -0.2) is 4.39 Å². The number of phenols is 1. The van der Waals surface area contributed by atoms with Crippen molar-refractivity contribution in [2.75, 3.05) is 44.7 Å². The largest absolute Gasteiger partial charge is 0.507 e. The molecular formula is C30H33FN6O2. The van der Waals surface area contributed by atoms with Gasteiger partial charge < -0.3 is 25.0 Å². The lowest BCUT2D eigenvalue weighted by Crippen LogP contribution is -2.51. The third-order valence-corrected chi connectivity index (χ3v) is 8.22. The fraction of sp³-hybridized carbons (Fsp3) is 0.433. The number of halogens is 1. The van der Waals surface area contributed by atoms with E-state index in [-0.39, 0.29) is 17.4 Å². The van der Waals surface area contributed by atoms with Gasteiger partial charge in [0.15, 0.2) is 0 Å². The highest BCUT2D eigenvalue weighted by Gasteiger charge is 2.30. The second-order valence-corrected chi connectivity index (χ2v) is 10.7. The summed E-state index contributed by atoms with van der Waals surface area (Å²) in [6, 6.07) is 13.2. The van der Waals surface area contributed by atoms with Crippen LogP contribution >= 0.6 is 0 Å². The number of aromatic hydroxyl groups is 1. The van der Waals surface area contributed by atoms with E-state index in [0.29, 0.717) is 37.2 Å². The quantitative estimate of drug-likeness (QED) is 0.497. The van der Waals surface area contributed by atoms with Crippen LogP contribution in [0.1, 0.15) is 30.4 Å². The van der Waals surface area contributed by atoms with E-state index in [1.165, 1.54) is 18.2 Å². The Balaban J connectivity index is 1.43. The van der Waals surface area contributed by atoms with Gasteiger partial charge in [-0.15, -0.1) is 0 Å². The molecule has 0 saturated carbocycles. The third-order valence-electron chi connectivity index (χ3n) is 8.22. The van der Waals surface area contributed by atoms with Crippen molar-refractivity contribution in [1.29, 1.82) is 5.26 Å². The number of fused-ring (bicyclic) bond motifs is 3. The van der Waals surface area contributed by atoms with Gasteiger partial charge in [-0.2, -0.15) is 15.2 Å². The Morgan fingerprint density at radius 2 is 2.10 bits per heavy atom. The number of nitrogens with zero attached hydrogens (tertiary/aromatic N) is 5. The van der Waals surface area contributed by atoms with Gasteiger partial charge in [-0.05, 0) is 68.6 Å². The number of rotatable bonds is 6. The maximum absolute atomic E-state index is 14.8. The van der Waals surface area contributed by atoms with E-state index in [1.807, 2.05) is 18.2 Å². The molecule has 39 heavy (non-hydrogen) atoms. The normalized spacial score (nSPS) is 20.8. The molecular weight excluding hydrogens is 495 g/mol. The number of likely N-dealkylation sites (tertiary alicyclic amines) is 1. The summed E-state index contributed by atoms with van der Waals surface area (Å²) >= 11 is 0. The van der Waals surface area contributed by atoms with Crippen LogP contribution in [0.4, 0.5) is 10.2 Å². The lowest BCUT2D eigenvalue weighted by molar-refractivity contribution is 0.188. The number of aromatic nitrogens is 2. The molecule has 8 nitrogen and oxygen atoms in total. The fourth-order valence-corrected chi connectivity index (χ4v) is 6.09. The van der Waals surface area contributed by atoms with Crippen molar-refractivity contribution in [2.45, 2.75) is 44.2 Å². The van der Waals surface area contributed by atoms with Gasteiger partial charge in [0.2, 0.25) is 0 Å². The van der Waals surface area contributed by atoms with Crippen molar-refractivity contribution in [3.05, 3.63) is 53.3 Å². The summed E-state index contributed by atoms with van der Waals surface area (Å²) in [6.07, 6.45) is 4.25. The number of piperazine rings is 1. The minimum Gasteiger partial charge on any atom is -0.507 e. The number of benzene rings is 2. The summed E-state index contributed by atoms with van der Waals surface area (Å²) in [5.74, 6) is 0.288. The van der Waals surface area contributed by atoms with Crippen molar-refractivity contribution in [3.63, 3.8) is 0 Å². The number of phenolic OH excluding ortho intramolecular Hbond substituents is 1. The van der Waals surface area contributed by atoms with Gasteiger partial charge in [0.05, 0.1) is 23.7 Å². The molecule has 0 spiro atoms. The molecule has 9 heteroatoms. The van der Waals surface area contributed by atoms with Gasteiger partial charge in [0, 0.05) is 42.8 Å². The number of aryl methyl sites for hydroxylation is 1. The number of ether oxygens (including phenoxy) is 1. The summed E-state index contributed by atoms with van der Waals surface area (Å²) < 4.78 is 21.0. The highest BCUT2D eigenvalue weighted by atomic mass is 19.1. The number of hydrogen-bond donors (Lipinski definition) is 2. The highest BCUT2D eigenvalue weighted by Crippen LogP contribution is 2.41. The first-order chi connectivity index (χ1) is 19.0. The van der Waals surface area contributed by atoms with E-state index in [0.717, 1.165) is 73.5 Å². The van der Waals surface area contributed by atoms with Crippen LogP contribution in [0.15, 0.2) is 36.4 Å². The second-order valence-electron chi connectivity index (χ2n) is 10.7. The maximum Gasteiger partial charge on any atom is 0.319 e. The van der Waals surface area contributed by atoms with E-state index in [1.54, 1.807) is 0 Å². The number of hydrogen-bond acceptors (Lipinski definition) is 8. The van der Waals surface area contributed by atoms with Crippen LogP contribution in [0.5, 0.6) is 11.8 Å². The van der Waals surface area contributed by atoms with Crippen LogP contribution < -0.4 is 15.0 Å². The van der Waals surface area contributed by atoms with E-state index >= 15 is 0 Å². The number of nitriles is 1. The molecule has 2 aromatic carbocycles. The highest BCUT2D eigenvalue weighted by molar-refractivity contribution is 5.81. The van der Waals surface area contributed by atoms with Gasteiger partial charge in [0.1, 0.15) is 24.0 Å². The zero-order valence-electron chi connectivity index (χ0n) is 22.2. The molecule has 0 bridgehead atoms. The molecule has 202 valence electrons. The van der Waals surface area contributed by atoms with Crippen LogP contribution in [0.2, 0.25) is 0 Å². The first-order valence-corrected chi connectivity index (χ1v) is 13.7. The zero-order valence-corrected chi connectivity index (χ0v) is 22.2. The smallest absolute Gasteiger partial charge is 0.319 e. The molecule has 0 amide bonds. The number of anilines is 1. The molecule has 2 fully saturated rings. The minimum absolute atomic E-state index is 0.0670. The molecule has 2 atom stereocenters. The van der Waals surface area contributed by atoms with Crippen molar-refractivity contribution in [2.24, 2.45) is 0 Å². The lowest BCUT2D eigenvalue weighted by Gasteiger charge is -2.36. The number of likely N-dealkylation sites (N-methyl/N-ethyl adjacent to an activating group) is 1. The molecule has 2 N–H and O–H groups in total. The van der Waals surface area contributed by atoms with Crippen molar-refractivity contribution in [3.8, 4) is 40.2 Å². The first-order valence-electron chi connectivity index (χ1n) is 13.7. The summed E-state index contributed by atoms with van der Waals surface area (Å²) in [5, 5.41) is 23.1. The fourth-order valence-electron chi connectivity index (χ4n) is 6.09. The van der Waals surface area contributed by atoms with Crippen molar-refractivity contribution in [1.82, 2.24) is 20.2 Å². The van der Waals surface area contributed by atoms with Crippen LogP contribution in [0.3, 0.4) is 0 Å². The predicted molar refractivity (Wildman–Crippen MR) is 147 cm³/mol. The Labute approximate surface area is 228 Å². The molecule has 2 saturated heterocycles. The summed E-state index contributed by atoms with van der Waals surface area (Å²) in [6.45, 7) is 3.79. The standard InChI is InChI=1S/C30H33FN6O2/c1-36-14-3-4-22(36)18-39-30-34-28-23(29(35-30)37-15-13-33-21(17-37)11-12-32)10-9-19-7-8-20(16-24(19)28)27-25(31)5-2-6-26(27)38/h2,5-8,16,21-22,33,38H,3-4,9-11,13-15,17-18H2,1H3/t21-,22-/m0/s1. The molecule has 0 unspecified atom stereocenters. The first kappa shape index (κ1) is 25.5. The van der Waals surface area contributed by atoms with Gasteiger partial charge in [0.25, 0.3) is 0 Å². The summed E-state index contributed by atoms with van der Waals surface area (Å²) in [7, 11) is 2.12. The molecule has 6 rings (SSSR count). The van der Waals surface area contributed by atoms with Crippen LogP contribution in [0, 0.1) is 17.1 Å². The van der Waals surface area contributed by atoms with E-state index in [2.05, 4.69) is 28.2 Å². The third kappa shape index (κ3) is 5.02. The van der Waals surface area contributed by atoms with E-state index in [4.69, 9.17) is 14.7 Å². The molecule has 3 aliphatic rings. The van der Waals surface area contributed by atoms with Crippen molar-refractivity contribution >= 4 is 5.82 Å². The Morgan fingerprint density at radius 1 is 1.21 bits per heavy atom.